The number of nitrogens with zero attached hydrogens (tertiary/aromatic N) is 2. The first-order valence-corrected chi connectivity index (χ1v) is 2.92. The predicted octanol–water partition coefficient (Wildman–Crippen LogP) is 1.13. The number of alkyl halides is 1. The van der Waals surface area contributed by atoms with E-state index in [1.165, 1.54) is 12.3 Å². The van der Waals surface area contributed by atoms with E-state index in [1.54, 1.807) is 6.07 Å². The summed E-state index contributed by atoms with van der Waals surface area (Å²) < 4.78 is 11.9. The Kier molecular flexibility index (Phi) is 2.02. The lowest BCUT2D eigenvalue weighted by atomic mass is 10.2. The molecule has 4 heteroatoms. The number of hydrogen-bond acceptors (Lipinski definition) is 3. The van der Waals surface area contributed by atoms with Gasteiger partial charge in [0.25, 0.3) is 0 Å². The van der Waals surface area contributed by atoms with Crippen molar-refractivity contribution in [2.45, 2.75) is 6.67 Å². The third-order valence-electron chi connectivity index (χ3n) is 1.20. The zero-order valence-electron chi connectivity index (χ0n) is 5.58. The molecule has 0 aromatic carbocycles. The number of pyridine rings is 1. The number of halogens is 1. The van der Waals surface area contributed by atoms with Crippen LogP contribution in [0.5, 0.6) is 5.88 Å². The van der Waals surface area contributed by atoms with Crippen molar-refractivity contribution in [1.82, 2.24) is 4.98 Å². The first-order chi connectivity index (χ1) is 5.27. The van der Waals surface area contributed by atoms with Gasteiger partial charge in [-0.05, 0) is 6.07 Å². The normalized spacial score (nSPS) is 9.09. The van der Waals surface area contributed by atoms with Gasteiger partial charge in [0.1, 0.15) is 18.3 Å². The average Bonchev–Trinajstić information content (AvgIpc) is 2.05. The molecule has 0 unspecified atom stereocenters. The minimum absolute atomic E-state index is 0.000139. The molecule has 0 bridgehead atoms. The molecule has 0 aliphatic carbocycles. The first-order valence-electron chi connectivity index (χ1n) is 2.92. The largest absolute Gasteiger partial charge is 0.492 e. The Bertz CT molecular complexity index is 306. The van der Waals surface area contributed by atoms with Crippen molar-refractivity contribution < 1.29 is 9.50 Å². The van der Waals surface area contributed by atoms with Gasteiger partial charge in [-0.3, -0.25) is 0 Å². The third kappa shape index (κ3) is 1.44. The highest BCUT2D eigenvalue weighted by Gasteiger charge is 2.01. The predicted molar refractivity (Wildman–Crippen MR) is 35.4 cm³/mol. The van der Waals surface area contributed by atoms with Gasteiger partial charge in [0.2, 0.25) is 5.88 Å². The fourth-order valence-electron chi connectivity index (χ4n) is 0.656. The smallest absolute Gasteiger partial charge is 0.229 e. The van der Waals surface area contributed by atoms with Gasteiger partial charge in [0.05, 0.1) is 0 Å². The van der Waals surface area contributed by atoms with Crippen LogP contribution in [0.3, 0.4) is 0 Å². The fourth-order valence-corrected chi connectivity index (χ4v) is 0.656. The molecule has 1 N–H and O–H groups in total. The molecule has 1 aromatic heterocycles. The van der Waals surface area contributed by atoms with Gasteiger partial charge in [-0.1, -0.05) is 0 Å². The average molecular weight is 152 g/mol. The second-order valence-corrected chi connectivity index (χ2v) is 1.96. The van der Waals surface area contributed by atoms with E-state index in [2.05, 4.69) is 4.98 Å². The maximum Gasteiger partial charge on any atom is 0.229 e. The van der Waals surface area contributed by atoms with Gasteiger partial charge in [0, 0.05) is 11.8 Å². The van der Waals surface area contributed by atoms with E-state index in [-0.39, 0.29) is 11.4 Å². The van der Waals surface area contributed by atoms with E-state index in [9.17, 15) is 4.39 Å². The molecule has 0 saturated heterocycles. The van der Waals surface area contributed by atoms with Gasteiger partial charge in [-0.25, -0.2) is 9.37 Å². The van der Waals surface area contributed by atoms with Gasteiger partial charge < -0.3 is 5.11 Å². The van der Waals surface area contributed by atoms with Crippen LogP contribution in [0.1, 0.15) is 11.1 Å². The Balaban J connectivity index is 3.15. The number of aromatic hydroxyl groups is 1. The highest BCUT2D eigenvalue weighted by Crippen LogP contribution is 2.13. The monoisotopic (exact) mass is 152 g/mol. The number of rotatable bonds is 1. The molecule has 56 valence electrons. The van der Waals surface area contributed by atoms with E-state index in [0.717, 1.165) is 0 Å². The molecular formula is C7H5FN2O. The van der Waals surface area contributed by atoms with Crippen LogP contribution in [-0.2, 0) is 6.67 Å². The van der Waals surface area contributed by atoms with Crippen LogP contribution < -0.4 is 0 Å². The van der Waals surface area contributed by atoms with Crippen molar-refractivity contribution in [1.29, 1.82) is 5.26 Å². The van der Waals surface area contributed by atoms with Crippen LogP contribution in [0, 0.1) is 11.3 Å². The van der Waals surface area contributed by atoms with Crippen LogP contribution in [0.2, 0.25) is 0 Å². The van der Waals surface area contributed by atoms with Crippen molar-refractivity contribution in [3.8, 4) is 11.9 Å². The topological polar surface area (TPSA) is 56.9 Å². The molecule has 0 fully saturated rings. The van der Waals surface area contributed by atoms with Gasteiger partial charge in [-0.15, -0.1) is 0 Å². The lowest BCUT2D eigenvalue weighted by Crippen LogP contribution is -1.85. The molecule has 0 radical (unpaired) electrons. The van der Waals surface area contributed by atoms with Gasteiger partial charge in [-0.2, -0.15) is 5.26 Å². The molecule has 0 aliphatic heterocycles. The molecule has 0 spiro atoms. The maximum absolute atomic E-state index is 11.9. The zero-order chi connectivity index (χ0) is 8.27. The quantitative estimate of drug-likeness (QED) is 0.656. The molecule has 1 heterocycles. The van der Waals surface area contributed by atoms with Crippen LogP contribution in [0.15, 0.2) is 12.3 Å². The maximum atomic E-state index is 11.9. The summed E-state index contributed by atoms with van der Waals surface area (Å²) in [6.07, 6.45) is 1.19. The minimum atomic E-state index is -0.679. The number of aromatic nitrogens is 1. The third-order valence-corrected chi connectivity index (χ3v) is 1.20. The van der Waals surface area contributed by atoms with Crippen LogP contribution >= 0.6 is 0 Å². The van der Waals surface area contributed by atoms with Crippen LogP contribution in [0.4, 0.5) is 4.39 Å². The summed E-state index contributed by atoms with van der Waals surface area (Å²) in [4.78, 5) is 3.41. The van der Waals surface area contributed by atoms with Crippen molar-refractivity contribution in [2.75, 3.05) is 0 Å². The molecule has 0 amide bonds. The highest BCUT2D eigenvalue weighted by atomic mass is 19.1. The zero-order valence-corrected chi connectivity index (χ0v) is 5.58. The lowest BCUT2D eigenvalue weighted by molar-refractivity contribution is 0.447. The molecule has 0 atom stereocenters. The molecule has 1 rings (SSSR count). The summed E-state index contributed by atoms with van der Waals surface area (Å²) in [7, 11) is 0. The summed E-state index contributed by atoms with van der Waals surface area (Å²) in [5.74, 6) is -0.357. The standard InChI is InChI=1S/C7H5FN2O/c8-2-5-1-6(3-9)7(11)10-4-5/h1,4H,2H2,(H,10,11). The minimum Gasteiger partial charge on any atom is -0.492 e. The Morgan fingerprint density at radius 2 is 2.45 bits per heavy atom. The second kappa shape index (κ2) is 2.97. The van der Waals surface area contributed by atoms with E-state index < -0.39 is 6.67 Å². The fraction of sp³-hybridized carbons (Fsp3) is 0.143. The van der Waals surface area contributed by atoms with E-state index in [4.69, 9.17) is 10.4 Å². The molecule has 1 aromatic rings. The Labute approximate surface area is 62.7 Å². The second-order valence-electron chi connectivity index (χ2n) is 1.96. The Hall–Kier alpha value is -1.63. The summed E-state index contributed by atoms with van der Waals surface area (Å²) in [5, 5.41) is 17.2. The number of nitriles is 1. The van der Waals surface area contributed by atoms with E-state index >= 15 is 0 Å². The highest BCUT2D eigenvalue weighted by molar-refractivity contribution is 5.38. The summed E-state index contributed by atoms with van der Waals surface area (Å²) in [6.45, 7) is -0.679. The molecule has 3 nitrogen and oxygen atoms in total. The molecular weight excluding hydrogens is 147 g/mol. The summed E-state index contributed by atoms with van der Waals surface area (Å²) in [6, 6.07) is 2.96. The molecule has 0 aliphatic rings. The SMILES string of the molecule is N#Cc1cc(CF)cnc1O. The molecule has 0 saturated carbocycles. The Morgan fingerprint density at radius 3 is 3.00 bits per heavy atom. The van der Waals surface area contributed by atoms with Crippen molar-refractivity contribution in [3.63, 3.8) is 0 Å². The van der Waals surface area contributed by atoms with E-state index in [0.29, 0.717) is 5.56 Å². The summed E-state index contributed by atoms with van der Waals surface area (Å²) in [5.41, 5.74) is 0.291. The lowest BCUT2D eigenvalue weighted by Gasteiger charge is -1.95. The van der Waals surface area contributed by atoms with Crippen LogP contribution in [0.25, 0.3) is 0 Å². The van der Waals surface area contributed by atoms with Gasteiger partial charge in [0.15, 0.2) is 0 Å². The van der Waals surface area contributed by atoms with Crippen molar-refractivity contribution in [2.24, 2.45) is 0 Å². The van der Waals surface area contributed by atoms with Gasteiger partial charge >= 0.3 is 0 Å². The van der Waals surface area contributed by atoms with Crippen molar-refractivity contribution in [3.05, 3.63) is 23.4 Å². The Morgan fingerprint density at radius 1 is 1.73 bits per heavy atom. The van der Waals surface area contributed by atoms with Crippen LogP contribution in [-0.4, -0.2) is 10.1 Å². The molecule has 11 heavy (non-hydrogen) atoms. The first kappa shape index (κ1) is 7.48. The number of hydrogen-bond donors (Lipinski definition) is 1. The van der Waals surface area contributed by atoms with E-state index in [1.807, 2.05) is 0 Å². The van der Waals surface area contributed by atoms with Crippen molar-refractivity contribution >= 4 is 0 Å². The summed E-state index contributed by atoms with van der Waals surface area (Å²) >= 11 is 0.